The van der Waals surface area contributed by atoms with Crippen molar-refractivity contribution in [3.05, 3.63) is 58.6 Å². The fourth-order valence-electron chi connectivity index (χ4n) is 1.71. The predicted octanol–water partition coefficient (Wildman–Crippen LogP) is 3.72. The molecule has 0 bridgehead atoms. The molecule has 0 heterocycles. The van der Waals surface area contributed by atoms with Gasteiger partial charge in [0, 0.05) is 12.1 Å². The Labute approximate surface area is 117 Å². The van der Waals surface area contributed by atoms with Crippen molar-refractivity contribution in [2.24, 2.45) is 0 Å². The molecule has 0 radical (unpaired) electrons. The molecular weight excluding hydrogens is 260 g/mol. The van der Waals surface area contributed by atoms with Gasteiger partial charge in [-0.3, -0.25) is 0 Å². The molecule has 4 heteroatoms. The molecule has 1 N–H and O–H groups in total. The summed E-state index contributed by atoms with van der Waals surface area (Å²) < 4.78 is 5.81. The van der Waals surface area contributed by atoms with Crippen molar-refractivity contribution in [3.63, 3.8) is 0 Å². The topological polar surface area (TPSA) is 45.0 Å². The van der Waals surface area contributed by atoms with E-state index in [0.717, 1.165) is 11.3 Å². The molecule has 2 aromatic carbocycles. The van der Waals surface area contributed by atoms with E-state index in [-0.39, 0.29) is 0 Å². The first-order chi connectivity index (χ1) is 9.24. The number of nitrogens with zero attached hydrogens (tertiary/aromatic N) is 1. The highest BCUT2D eigenvalue weighted by Crippen LogP contribution is 2.31. The number of hydrogen-bond acceptors (Lipinski definition) is 3. The minimum Gasteiger partial charge on any atom is -0.455 e. The molecule has 0 saturated carbocycles. The summed E-state index contributed by atoms with van der Waals surface area (Å²) in [4.78, 5) is 0. The second-order valence-corrected chi connectivity index (χ2v) is 4.40. The zero-order chi connectivity index (χ0) is 13.7. The number of rotatable bonds is 4. The minimum absolute atomic E-state index is 0.429. The van der Waals surface area contributed by atoms with Gasteiger partial charge in [-0.05, 0) is 31.3 Å². The van der Waals surface area contributed by atoms with Crippen LogP contribution in [0, 0.1) is 11.3 Å². The van der Waals surface area contributed by atoms with Crippen LogP contribution in [0.3, 0.4) is 0 Å². The van der Waals surface area contributed by atoms with Gasteiger partial charge in [-0.2, -0.15) is 5.26 Å². The van der Waals surface area contributed by atoms with Crippen molar-refractivity contribution >= 4 is 11.6 Å². The lowest BCUT2D eigenvalue weighted by Crippen LogP contribution is -2.06. The Kier molecular flexibility index (Phi) is 4.40. The van der Waals surface area contributed by atoms with E-state index in [1.165, 1.54) is 0 Å². The fraction of sp³-hybridized carbons (Fsp3) is 0.133. The molecule has 3 nitrogen and oxygen atoms in total. The SMILES string of the molecule is CNCc1ccccc1Oc1ccc(C#N)cc1Cl. The number of hydrogen-bond donors (Lipinski definition) is 1. The van der Waals surface area contributed by atoms with Crippen LogP contribution in [0.4, 0.5) is 0 Å². The maximum absolute atomic E-state index is 8.80. The molecule has 0 aliphatic rings. The lowest BCUT2D eigenvalue weighted by molar-refractivity contribution is 0.474. The number of nitrogens with one attached hydrogen (secondary N) is 1. The zero-order valence-corrected chi connectivity index (χ0v) is 11.2. The molecular formula is C15H13ClN2O. The van der Waals surface area contributed by atoms with Gasteiger partial charge < -0.3 is 10.1 Å². The molecule has 0 aliphatic carbocycles. The zero-order valence-electron chi connectivity index (χ0n) is 10.5. The van der Waals surface area contributed by atoms with Crippen LogP contribution in [0.15, 0.2) is 42.5 Å². The number of benzene rings is 2. The summed E-state index contributed by atoms with van der Waals surface area (Å²) in [5, 5.41) is 12.3. The van der Waals surface area contributed by atoms with E-state index in [2.05, 4.69) is 5.32 Å². The van der Waals surface area contributed by atoms with Gasteiger partial charge in [0.05, 0.1) is 16.7 Å². The molecule has 0 unspecified atom stereocenters. The molecule has 0 amide bonds. The second-order valence-electron chi connectivity index (χ2n) is 4.00. The number of halogens is 1. The maximum atomic E-state index is 8.80. The number of ether oxygens (including phenoxy) is 1. The largest absolute Gasteiger partial charge is 0.455 e. The first-order valence-corrected chi connectivity index (χ1v) is 6.22. The van der Waals surface area contributed by atoms with Gasteiger partial charge in [-0.1, -0.05) is 29.8 Å². The van der Waals surface area contributed by atoms with Gasteiger partial charge >= 0.3 is 0 Å². The van der Waals surface area contributed by atoms with Crippen LogP contribution in [0.25, 0.3) is 0 Å². The lowest BCUT2D eigenvalue weighted by Gasteiger charge is -2.12. The standard InChI is InChI=1S/C15H13ClN2O/c1-18-10-12-4-2-3-5-14(12)19-15-7-6-11(9-17)8-13(15)16/h2-8,18H,10H2,1H3. The van der Waals surface area contributed by atoms with Gasteiger partial charge in [0.2, 0.25) is 0 Å². The first-order valence-electron chi connectivity index (χ1n) is 5.84. The number of para-hydroxylation sites is 1. The fourth-order valence-corrected chi connectivity index (χ4v) is 1.93. The molecule has 0 saturated heterocycles. The van der Waals surface area contributed by atoms with E-state index >= 15 is 0 Å². The van der Waals surface area contributed by atoms with Crippen LogP contribution in [0.5, 0.6) is 11.5 Å². The lowest BCUT2D eigenvalue weighted by atomic mass is 10.2. The minimum atomic E-state index is 0.429. The van der Waals surface area contributed by atoms with E-state index in [4.69, 9.17) is 21.6 Å². The van der Waals surface area contributed by atoms with Gasteiger partial charge in [0.25, 0.3) is 0 Å². The summed E-state index contributed by atoms with van der Waals surface area (Å²) in [6.45, 7) is 0.712. The van der Waals surface area contributed by atoms with Crippen molar-refractivity contribution in [2.45, 2.75) is 6.54 Å². The smallest absolute Gasteiger partial charge is 0.146 e. The van der Waals surface area contributed by atoms with Crippen LogP contribution in [-0.2, 0) is 6.54 Å². The summed E-state index contributed by atoms with van der Waals surface area (Å²) in [7, 11) is 1.88. The Bertz CT molecular complexity index is 620. The summed E-state index contributed by atoms with van der Waals surface area (Å²) in [5.74, 6) is 1.30. The molecule has 0 fully saturated rings. The normalized spacial score (nSPS) is 9.95. The van der Waals surface area contributed by atoms with Gasteiger partial charge in [-0.15, -0.1) is 0 Å². The van der Waals surface area contributed by atoms with Crippen LogP contribution in [0.2, 0.25) is 5.02 Å². The van der Waals surface area contributed by atoms with E-state index in [0.29, 0.717) is 22.9 Å². The number of nitriles is 1. The van der Waals surface area contributed by atoms with E-state index in [9.17, 15) is 0 Å². The van der Waals surface area contributed by atoms with Gasteiger partial charge in [0.1, 0.15) is 11.5 Å². The Balaban J connectivity index is 2.29. The molecule has 0 atom stereocenters. The third kappa shape index (κ3) is 3.25. The molecule has 19 heavy (non-hydrogen) atoms. The summed E-state index contributed by atoms with van der Waals surface area (Å²) in [6.07, 6.45) is 0. The molecule has 0 spiro atoms. The maximum Gasteiger partial charge on any atom is 0.146 e. The van der Waals surface area contributed by atoms with Crippen LogP contribution in [-0.4, -0.2) is 7.05 Å². The predicted molar refractivity (Wildman–Crippen MR) is 75.4 cm³/mol. The van der Waals surface area contributed by atoms with E-state index < -0.39 is 0 Å². The third-order valence-corrected chi connectivity index (χ3v) is 2.92. The van der Waals surface area contributed by atoms with Crippen molar-refractivity contribution in [1.82, 2.24) is 5.32 Å². The Hall–Kier alpha value is -2.02. The van der Waals surface area contributed by atoms with Crippen molar-refractivity contribution in [1.29, 1.82) is 5.26 Å². The highest BCUT2D eigenvalue weighted by atomic mass is 35.5. The Morgan fingerprint density at radius 1 is 1.21 bits per heavy atom. The second kappa shape index (κ2) is 6.24. The molecule has 0 aromatic heterocycles. The highest BCUT2D eigenvalue weighted by Gasteiger charge is 2.07. The summed E-state index contributed by atoms with van der Waals surface area (Å²) in [5.41, 5.74) is 1.56. The van der Waals surface area contributed by atoms with Crippen LogP contribution >= 0.6 is 11.6 Å². The Morgan fingerprint density at radius 3 is 2.68 bits per heavy atom. The molecule has 2 aromatic rings. The van der Waals surface area contributed by atoms with Crippen molar-refractivity contribution in [3.8, 4) is 17.6 Å². The van der Waals surface area contributed by atoms with E-state index in [1.807, 2.05) is 37.4 Å². The third-order valence-electron chi connectivity index (χ3n) is 2.62. The average Bonchev–Trinajstić information content (AvgIpc) is 2.43. The molecule has 96 valence electrons. The van der Waals surface area contributed by atoms with Gasteiger partial charge in [0.15, 0.2) is 0 Å². The highest BCUT2D eigenvalue weighted by molar-refractivity contribution is 6.32. The average molecular weight is 273 g/mol. The summed E-state index contributed by atoms with van der Waals surface area (Å²) in [6, 6.07) is 14.8. The first kappa shape index (κ1) is 13.4. The van der Waals surface area contributed by atoms with Crippen LogP contribution in [0.1, 0.15) is 11.1 Å². The van der Waals surface area contributed by atoms with Crippen molar-refractivity contribution < 1.29 is 4.74 Å². The van der Waals surface area contributed by atoms with Crippen molar-refractivity contribution in [2.75, 3.05) is 7.05 Å². The summed E-state index contributed by atoms with van der Waals surface area (Å²) >= 11 is 6.10. The van der Waals surface area contributed by atoms with Gasteiger partial charge in [-0.25, -0.2) is 0 Å². The monoisotopic (exact) mass is 272 g/mol. The quantitative estimate of drug-likeness (QED) is 0.922. The molecule has 0 aliphatic heterocycles. The van der Waals surface area contributed by atoms with E-state index in [1.54, 1.807) is 18.2 Å². The Morgan fingerprint density at radius 2 is 2.00 bits per heavy atom. The molecule has 2 rings (SSSR count). The van der Waals surface area contributed by atoms with Crippen LogP contribution < -0.4 is 10.1 Å².